The van der Waals surface area contributed by atoms with Gasteiger partial charge in [0.15, 0.2) is 0 Å². The van der Waals surface area contributed by atoms with E-state index in [0.717, 1.165) is 0 Å². The minimum Gasteiger partial charge on any atom is -0.248 e. The summed E-state index contributed by atoms with van der Waals surface area (Å²) in [7, 11) is 0. The van der Waals surface area contributed by atoms with Crippen molar-refractivity contribution in [1.29, 1.82) is 0 Å². The molecule has 66 valence electrons. The highest BCUT2D eigenvalue weighted by molar-refractivity contribution is 14.1. The van der Waals surface area contributed by atoms with Gasteiger partial charge in [0, 0.05) is 10.7 Å². The van der Waals surface area contributed by atoms with Crippen LogP contribution in [0.3, 0.4) is 0 Å². The van der Waals surface area contributed by atoms with Crippen LogP contribution in [-0.2, 0) is 0 Å². The van der Waals surface area contributed by atoms with Crippen molar-refractivity contribution in [1.82, 2.24) is 4.98 Å². The normalized spacial score (nSPS) is 10.8. The fraction of sp³-hybridized carbons (Fsp3) is 0.167. The molecule has 0 atom stereocenters. The molecule has 0 fully saturated rings. The second-order valence-corrected chi connectivity index (χ2v) is 4.18. The highest BCUT2D eigenvalue weighted by atomic mass is 127. The van der Waals surface area contributed by atoms with Crippen molar-refractivity contribution in [2.24, 2.45) is 0 Å². The first kappa shape index (κ1) is 10.6. The first-order valence-corrected chi connectivity index (χ1v) is 5.06. The molecular formula is C6H2BrClF2IN. The van der Waals surface area contributed by atoms with E-state index in [4.69, 9.17) is 11.6 Å². The van der Waals surface area contributed by atoms with Crippen molar-refractivity contribution in [3.05, 3.63) is 25.0 Å². The van der Waals surface area contributed by atoms with E-state index in [1.54, 1.807) is 22.6 Å². The standard InChI is InChI=1S/C6H2BrClF2IN/c7-2-1-12-6(11)4(8)3(2)5(9)10/h1,5H. The van der Waals surface area contributed by atoms with Gasteiger partial charge in [-0.2, -0.15) is 0 Å². The van der Waals surface area contributed by atoms with Gasteiger partial charge in [0.2, 0.25) is 0 Å². The maximum atomic E-state index is 12.3. The molecule has 12 heavy (non-hydrogen) atoms. The van der Waals surface area contributed by atoms with Crippen LogP contribution in [0.15, 0.2) is 10.7 Å². The highest BCUT2D eigenvalue weighted by Crippen LogP contribution is 2.34. The Morgan fingerprint density at radius 1 is 1.58 bits per heavy atom. The van der Waals surface area contributed by atoms with Crippen LogP contribution in [0.5, 0.6) is 0 Å². The lowest BCUT2D eigenvalue weighted by Crippen LogP contribution is -1.93. The Bertz CT molecular complexity index is 308. The molecule has 0 aromatic carbocycles. The molecule has 6 heteroatoms. The maximum Gasteiger partial charge on any atom is 0.266 e. The Morgan fingerprint density at radius 3 is 2.58 bits per heavy atom. The van der Waals surface area contributed by atoms with Crippen molar-refractivity contribution in [2.75, 3.05) is 0 Å². The number of pyridine rings is 1. The largest absolute Gasteiger partial charge is 0.266 e. The van der Waals surface area contributed by atoms with Crippen molar-refractivity contribution in [3.63, 3.8) is 0 Å². The third-order valence-corrected chi connectivity index (χ3v) is 3.34. The predicted molar refractivity (Wildman–Crippen MR) is 54.6 cm³/mol. The van der Waals surface area contributed by atoms with Gasteiger partial charge in [-0.3, -0.25) is 0 Å². The second-order valence-electron chi connectivity index (χ2n) is 1.93. The number of hydrogen-bond donors (Lipinski definition) is 0. The topological polar surface area (TPSA) is 12.9 Å². The van der Waals surface area contributed by atoms with Crippen molar-refractivity contribution in [2.45, 2.75) is 6.43 Å². The minimum atomic E-state index is -2.58. The molecule has 0 unspecified atom stereocenters. The molecule has 0 aliphatic heterocycles. The second kappa shape index (κ2) is 4.15. The van der Waals surface area contributed by atoms with Gasteiger partial charge in [-0.15, -0.1) is 0 Å². The predicted octanol–water partition coefficient (Wildman–Crippen LogP) is 4.04. The average molecular weight is 368 g/mol. The molecule has 1 aromatic heterocycles. The Kier molecular flexibility index (Phi) is 3.66. The monoisotopic (exact) mass is 367 g/mol. The van der Waals surface area contributed by atoms with Crippen LogP contribution >= 0.6 is 50.1 Å². The molecule has 1 heterocycles. The van der Waals surface area contributed by atoms with Crippen LogP contribution < -0.4 is 0 Å². The van der Waals surface area contributed by atoms with Gasteiger partial charge in [0.05, 0.1) is 10.6 Å². The minimum absolute atomic E-state index is 0.0139. The average Bonchev–Trinajstić information content (AvgIpc) is 1.97. The van der Waals surface area contributed by atoms with Crippen molar-refractivity contribution < 1.29 is 8.78 Å². The van der Waals surface area contributed by atoms with Crippen LogP contribution in [0.1, 0.15) is 12.0 Å². The quantitative estimate of drug-likeness (QED) is 0.539. The van der Waals surface area contributed by atoms with E-state index in [1.807, 2.05) is 0 Å². The zero-order chi connectivity index (χ0) is 9.30. The third kappa shape index (κ3) is 2.05. The maximum absolute atomic E-state index is 12.3. The fourth-order valence-electron chi connectivity index (χ4n) is 0.656. The SMILES string of the molecule is FC(F)c1c(Br)cnc(I)c1Cl. The smallest absolute Gasteiger partial charge is 0.248 e. The van der Waals surface area contributed by atoms with E-state index in [1.165, 1.54) is 6.20 Å². The summed E-state index contributed by atoms with van der Waals surface area (Å²) in [4.78, 5) is 3.80. The zero-order valence-corrected chi connectivity index (χ0v) is 9.99. The van der Waals surface area contributed by atoms with E-state index in [2.05, 4.69) is 20.9 Å². The van der Waals surface area contributed by atoms with E-state index in [0.29, 0.717) is 3.70 Å². The highest BCUT2D eigenvalue weighted by Gasteiger charge is 2.18. The molecule has 1 rings (SSSR count). The molecule has 0 amide bonds. The summed E-state index contributed by atoms with van der Waals surface area (Å²) >= 11 is 10.4. The van der Waals surface area contributed by atoms with Gasteiger partial charge >= 0.3 is 0 Å². The van der Waals surface area contributed by atoms with Crippen molar-refractivity contribution >= 4 is 50.1 Å². The first-order chi connectivity index (χ1) is 5.54. The molecule has 0 aliphatic carbocycles. The van der Waals surface area contributed by atoms with Crippen LogP contribution in [-0.4, -0.2) is 4.98 Å². The molecule has 0 N–H and O–H groups in total. The number of alkyl halides is 2. The number of hydrogen-bond acceptors (Lipinski definition) is 1. The third-order valence-electron chi connectivity index (χ3n) is 1.18. The number of aromatic nitrogens is 1. The molecule has 1 aromatic rings. The summed E-state index contributed by atoms with van der Waals surface area (Å²) in [5.74, 6) is 0. The Morgan fingerprint density at radius 2 is 2.17 bits per heavy atom. The Labute approximate surface area is 94.8 Å². The summed E-state index contributed by atoms with van der Waals surface area (Å²) in [5.41, 5.74) is -0.198. The lowest BCUT2D eigenvalue weighted by atomic mass is 10.3. The molecule has 0 radical (unpaired) electrons. The molecule has 0 saturated heterocycles. The Balaban J connectivity index is 3.33. The molecule has 0 bridgehead atoms. The summed E-state index contributed by atoms with van der Waals surface area (Å²) in [5, 5.41) is 0.0139. The molecular weight excluding hydrogens is 366 g/mol. The van der Waals surface area contributed by atoms with Crippen molar-refractivity contribution in [3.8, 4) is 0 Å². The van der Waals surface area contributed by atoms with Crippen LogP contribution in [0.4, 0.5) is 8.78 Å². The van der Waals surface area contributed by atoms with Gasteiger partial charge in [-0.25, -0.2) is 13.8 Å². The van der Waals surface area contributed by atoms with Crippen LogP contribution in [0.2, 0.25) is 5.02 Å². The molecule has 1 nitrogen and oxygen atoms in total. The van der Waals surface area contributed by atoms with Gasteiger partial charge in [0.1, 0.15) is 3.70 Å². The summed E-state index contributed by atoms with van der Waals surface area (Å²) in [6.07, 6.45) is -1.27. The summed E-state index contributed by atoms with van der Waals surface area (Å²) < 4.78 is 25.3. The number of halogens is 5. The summed E-state index contributed by atoms with van der Waals surface area (Å²) in [6, 6.07) is 0. The van der Waals surface area contributed by atoms with E-state index in [9.17, 15) is 8.78 Å². The summed E-state index contributed by atoms with van der Waals surface area (Å²) in [6.45, 7) is 0. The van der Waals surface area contributed by atoms with E-state index >= 15 is 0 Å². The van der Waals surface area contributed by atoms with Crippen LogP contribution in [0.25, 0.3) is 0 Å². The lowest BCUT2D eigenvalue weighted by molar-refractivity contribution is 0.150. The lowest BCUT2D eigenvalue weighted by Gasteiger charge is -2.05. The zero-order valence-electron chi connectivity index (χ0n) is 5.49. The van der Waals surface area contributed by atoms with Gasteiger partial charge in [0.25, 0.3) is 6.43 Å². The van der Waals surface area contributed by atoms with E-state index in [-0.39, 0.29) is 15.1 Å². The number of nitrogens with zero attached hydrogens (tertiary/aromatic N) is 1. The van der Waals surface area contributed by atoms with Crippen LogP contribution in [0, 0.1) is 3.70 Å². The fourth-order valence-corrected chi connectivity index (χ4v) is 1.91. The molecule has 0 saturated carbocycles. The Hall–Kier alpha value is 0.510. The molecule has 0 spiro atoms. The molecule has 0 aliphatic rings. The van der Waals surface area contributed by atoms with Gasteiger partial charge < -0.3 is 0 Å². The van der Waals surface area contributed by atoms with E-state index < -0.39 is 6.43 Å². The number of rotatable bonds is 1. The van der Waals surface area contributed by atoms with Gasteiger partial charge in [-0.1, -0.05) is 11.6 Å². The van der Waals surface area contributed by atoms with Gasteiger partial charge in [-0.05, 0) is 38.5 Å². The first-order valence-electron chi connectivity index (χ1n) is 2.81.